The van der Waals surface area contributed by atoms with Crippen LogP contribution in [0.2, 0.25) is 0 Å². The van der Waals surface area contributed by atoms with Crippen molar-refractivity contribution in [1.29, 1.82) is 0 Å². The Morgan fingerprint density at radius 3 is 2.35 bits per heavy atom. The maximum atomic E-state index is 2.28. The van der Waals surface area contributed by atoms with Crippen molar-refractivity contribution in [2.45, 2.75) is 20.4 Å². The molecule has 0 unspecified atom stereocenters. The lowest BCUT2D eigenvalue weighted by atomic mass is 10.1. The molecule has 0 heterocycles. The highest BCUT2D eigenvalue weighted by molar-refractivity contribution is 5.46. The summed E-state index contributed by atoms with van der Waals surface area (Å²) in [5.41, 5.74) is 5.34. The zero-order valence-electron chi connectivity index (χ0n) is 10.8. The molecule has 88 valence electrons. The first-order valence-corrected chi connectivity index (χ1v) is 5.99. The monoisotopic (exact) mass is 225 g/mol. The van der Waals surface area contributed by atoms with Crippen LogP contribution >= 0.6 is 0 Å². The molecule has 0 bridgehead atoms. The van der Waals surface area contributed by atoms with Crippen LogP contribution in [0, 0.1) is 13.8 Å². The van der Waals surface area contributed by atoms with E-state index in [4.69, 9.17) is 0 Å². The molecule has 0 aromatic heterocycles. The first-order chi connectivity index (χ1) is 8.16. The second-order valence-electron chi connectivity index (χ2n) is 4.62. The minimum absolute atomic E-state index is 0.956. The molecule has 0 amide bonds. The maximum Gasteiger partial charge on any atom is 0.0428 e. The van der Waals surface area contributed by atoms with Gasteiger partial charge < -0.3 is 4.90 Å². The lowest BCUT2D eigenvalue weighted by Gasteiger charge is -2.20. The van der Waals surface area contributed by atoms with Gasteiger partial charge >= 0.3 is 0 Å². The Hall–Kier alpha value is -1.76. The van der Waals surface area contributed by atoms with Crippen molar-refractivity contribution >= 4 is 5.69 Å². The van der Waals surface area contributed by atoms with Gasteiger partial charge in [0, 0.05) is 19.3 Å². The van der Waals surface area contributed by atoms with Gasteiger partial charge in [0.1, 0.15) is 0 Å². The highest BCUT2D eigenvalue weighted by Gasteiger charge is 2.04. The van der Waals surface area contributed by atoms with Gasteiger partial charge in [-0.2, -0.15) is 0 Å². The fraction of sp³-hybridized carbons (Fsp3) is 0.250. The van der Waals surface area contributed by atoms with Crippen LogP contribution in [0.4, 0.5) is 5.69 Å². The van der Waals surface area contributed by atoms with Crippen LogP contribution in [-0.2, 0) is 6.54 Å². The molecule has 0 spiro atoms. The Kier molecular flexibility index (Phi) is 3.48. The van der Waals surface area contributed by atoms with E-state index < -0.39 is 0 Å². The average molecular weight is 225 g/mol. The number of rotatable bonds is 3. The van der Waals surface area contributed by atoms with Gasteiger partial charge in [-0.05, 0) is 37.1 Å². The van der Waals surface area contributed by atoms with Crippen LogP contribution in [0.25, 0.3) is 0 Å². The van der Waals surface area contributed by atoms with E-state index in [9.17, 15) is 0 Å². The summed E-state index contributed by atoms with van der Waals surface area (Å²) in [5, 5.41) is 0. The van der Waals surface area contributed by atoms with Crippen LogP contribution in [0.3, 0.4) is 0 Å². The number of hydrogen-bond acceptors (Lipinski definition) is 1. The van der Waals surface area contributed by atoms with Crippen molar-refractivity contribution in [3.8, 4) is 0 Å². The molecule has 0 N–H and O–H groups in total. The zero-order valence-corrected chi connectivity index (χ0v) is 10.8. The van der Waals surface area contributed by atoms with E-state index in [0.29, 0.717) is 0 Å². The number of para-hydroxylation sites is 1. The largest absolute Gasteiger partial charge is 0.370 e. The van der Waals surface area contributed by atoms with Crippen LogP contribution in [0.1, 0.15) is 16.7 Å². The third-order valence-corrected chi connectivity index (χ3v) is 3.11. The predicted octanol–water partition coefficient (Wildman–Crippen LogP) is 3.94. The summed E-state index contributed by atoms with van der Waals surface area (Å²) >= 11 is 0. The second kappa shape index (κ2) is 5.05. The normalized spacial score (nSPS) is 10.3. The summed E-state index contributed by atoms with van der Waals surface area (Å²) in [6, 6.07) is 17.1. The highest BCUT2D eigenvalue weighted by Crippen LogP contribution is 2.17. The van der Waals surface area contributed by atoms with E-state index in [1.54, 1.807) is 0 Å². The van der Waals surface area contributed by atoms with Crippen molar-refractivity contribution in [1.82, 2.24) is 0 Å². The Balaban J connectivity index is 2.18. The molecule has 2 aromatic rings. The van der Waals surface area contributed by atoms with Gasteiger partial charge in [-0.15, -0.1) is 0 Å². The van der Waals surface area contributed by atoms with Gasteiger partial charge in [-0.3, -0.25) is 0 Å². The molecule has 0 aliphatic heterocycles. The third kappa shape index (κ3) is 2.88. The fourth-order valence-electron chi connectivity index (χ4n) is 2.00. The maximum absolute atomic E-state index is 2.28. The molecule has 0 saturated heterocycles. The third-order valence-electron chi connectivity index (χ3n) is 3.11. The summed E-state index contributed by atoms with van der Waals surface area (Å²) < 4.78 is 0. The topological polar surface area (TPSA) is 3.24 Å². The summed E-state index contributed by atoms with van der Waals surface area (Å²) in [6.07, 6.45) is 0. The van der Waals surface area contributed by atoms with Crippen LogP contribution in [0.15, 0.2) is 48.5 Å². The SMILES string of the molecule is Cc1ccc(C)c(CN(C)c2ccccc2)c1. The Bertz CT molecular complexity index is 488. The summed E-state index contributed by atoms with van der Waals surface area (Å²) in [6.45, 7) is 5.27. The molecule has 2 aromatic carbocycles. The minimum Gasteiger partial charge on any atom is -0.370 e. The first-order valence-electron chi connectivity index (χ1n) is 5.99. The van der Waals surface area contributed by atoms with Crippen LogP contribution < -0.4 is 4.90 Å². The van der Waals surface area contributed by atoms with Crippen molar-refractivity contribution in [2.24, 2.45) is 0 Å². The van der Waals surface area contributed by atoms with Gasteiger partial charge in [-0.25, -0.2) is 0 Å². The quantitative estimate of drug-likeness (QED) is 0.764. The van der Waals surface area contributed by atoms with Gasteiger partial charge in [0.2, 0.25) is 0 Å². The molecule has 0 fully saturated rings. The van der Waals surface area contributed by atoms with Gasteiger partial charge in [0.15, 0.2) is 0 Å². The molecular formula is C16H19N. The molecule has 17 heavy (non-hydrogen) atoms. The minimum atomic E-state index is 0.956. The Morgan fingerprint density at radius 2 is 1.65 bits per heavy atom. The first kappa shape index (κ1) is 11.7. The number of nitrogens with zero attached hydrogens (tertiary/aromatic N) is 1. The van der Waals surface area contributed by atoms with E-state index in [0.717, 1.165) is 6.54 Å². The lowest BCUT2D eigenvalue weighted by Crippen LogP contribution is -2.16. The van der Waals surface area contributed by atoms with Gasteiger partial charge in [-0.1, -0.05) is 42.0 Å². The summed E-state index contributed by atoms with van der Waals surface area (Å²) in [4.78, 5) is 2.28. The van der Waals surface area contributed by atoms with Crippen molar-refractivity contribution in [3.63, 3.8) is 0 Å². The molecule has 0 atom stereocenters. The van der Waals surface area contributed by atoms with Crippen molar-refractivity contribution in [2.75, 3.05) is 11.9 Å². The number of benzene rings is 2. The van der Waals surface area contributed by atoms with E-state index >= 15 is 0 Å². The molecule has 0 radical (unpaired) electrons. The van der Waals surface area contributed by atoms with Gasteiger partial charge in [0.05, 0.1) is 0 Å². The predicted molar refractivity (Wildman–Crippen MR) is 74.5 cm³/mol. The highest BCUT2D eigenvalue weighted by atomic mass is 15.1. The Labute approximate surface area is 104 Å². The van der Waals surface area contributed by atoms with E-state index in [2.05, 4.69) is 74.3 Å². The van der Waals surface area contributed by atoms with Crippen molar-refractivity contribution < 1.29 is 0 Å². The molecular weight excluding hydrogens is 206 g/mol. The molecule has 0 saturated carbocycles. The summed E-state index contributed by atoms with van der Waals surface area (Å²) in [5.74, 6) is 0. The van der Waals surface area contributed by atoms with E-state index in [1.807, 2.05) is 0 Å². The Morgan fingerprint density at radius 1 is 0.941 bits per heavy atom. The molecule has 2 rings (SSSR count). The average Bonchev–Trinajstić information content (AvgIpc) is 2.35. The number of hydrogen-bond donors (Lipinski definition) is 0. The lowest BCUT2D eigenvalue weighted by molar-refractivity contribution is 0.912. The van der Waals surface area contributed by atoms with Crippen LogP contribution in [0.5, 0.6) is 0 Å². The number of anilines is 1. The second-order valence-corrected chi connectivity index (χ2v) is 4.62. The van der Waals surface area contributed by atoms with Crippen LogP contribution in [-0.4, -0.2) is 7.05 Å². The zero-order chi connectivity index (χ0) is 12.3. The van der Waals surface area contributed by atoms with E-state index in [1.165, 1.54) is 22.4 Å². The molecule has 0 aliphatic rings. The molecule has 0 aliphatic carbocycles. The van der Waals surface area contributed by atoms with E-state index in [-0.39, 0.29) is 0 Å². The number of aryl methyl sites for hydroxylation is 2. The molecule has 1 nitrogen and oxygen atoms in total. The van der Waals surface area contributed by atoms with Gasteiger partial charge in [0.25, 0.3) is 0 Å². The molecule has 1 heteroatoms. The smallest absolute Gasteiger partial charge is 0.0428 e. The standard InChI is InChI=1S/C16H19N/c1-13-9-10-14(2)15(11-13)12-17(3)16-7-5-4-6-8-16/h4-11H,12H2,1-3H3. The summed E-state index contributed by atoms with van der Waals surface area (Å²) in [7, 11) is 2.14. The fourth-order valence-corrected chi connectivity index (χ4v) is 2.00. The van der Waals surface area contributed by atoms with Crippen molar-refractivity contribution in [3.05, 3.63) is 65.2 Å².